The summed E-state index contributed by atoms with van der Waals surface area (Å²) in [5.74, 6) is 0.754. The molecule has 0 saturated carbocycles. The number of aliphatic hydroxyl groups excluding tert-OH is 3. The Kier molecular flexibility index (Phi) is 5.08. The summed E-state index contributed by atoms with van der Waals surface area (Å²) < 4.78 is 10.3. The molecule has 0 amide bonds. The van der Waals surface area contributed by atoms with Crippen LogP contribution in [0.4, 0.5) is 0 Å². The highest BCUT2D eigenvalue weighted by Crippen LogP contribution is 2.18. The first kappa shape index (κ1) is 14.9. The fraction of sp³-hybridized carbons (Fsp3) is 0.500. The molecule has 1 aromatic carbocycles. The quantitative estimate of drug-likeness (QED) is 0.653. The van der Waals surface area contributed by atoms with Crippen LogP contribution in [0.25, 0.3) is 0 Å². The molecule has 4 atom stereocenters. The average Bonchev–Trinajstić information content (AvgIpc) is 2.49. The van der Waals surface area contributed by atoms with Crippen molar-refractivity contribution in [3.63, 3.8) is 0 Å². The van der Waals surface area contributed by atoms with Gasteiger partial charge in [-0.2, -0.15) is 0 Å². The van der Waals surface area contributed by atoms with Gasteiger partial charge < -0.3 is 24.8 Å². The van der Waals surface area contributed by atoms with E-state index in [0.29, 0.717) is 0 Å². The van der Waals surface area contributed by atoms with Gasteiger partial charge in [0, 0.05) is 6.21 Å². The topological polar surface area (TPSA) is 91.5 Å². The zero-order chi connectivity index (χ0) is 14.5. The molecule has 1 aliphatic heterocycles. The molecule has 110 valence electrons. The second kappa shape index (κ2) is 6.81. The highest BCUT2D eigenvalue weighted by molar-refractivity contribution is 5.79. The van der Waals surface area contributed by atoms with Crippen LogP contribution in [-0.2, 0) is 4.74 Å². The van der Waals surface area contributed by atoms with Gasteiger partial charge in [0.25, 0.3) is 0 Å². The van der Waals surface area contributed by atoms with E-state index in [4.69, 9.17) is 14.6 Å². The minimum Gasteiger partial charge on any atom is -0.497 e. The Morgan fingerprint density at radius 2 is 2.00 bits per heavy atom. The molecule has 3 unspecified atom stereocenters. The molecule has 1 heterocycles. The third kappa shape index (κ3) is 3.34. The predicted octanol–water partition coefficient (Wildman–Crippen LogP) is -0.404. The van der Waals surface area contributed by atoms with E-state index in [2.05, 4.69) is 4.99 Å². The molecule has 3 N–H and O–H groups in total. The Morgan fingerprint density at radius 1 is 1.30 bits per heavy atom. The van der Waals surface area contributed by atoms with Gasteiger partial charge in [0.15, 0.2) is 0 Å². The lowest BCUT2D eigenvalue weighted by molar-refractivity contribution is -0.155. The van der Waals surface area contributed by atoms with E-state index in [-0.39, 0.29) is 13.2 Å². The van der Waals surface area contributed by atoms with Gasteiger partial charge in [-0.05, 0) is 29.8 Å². The molecule has 0 radical (unpaired) electrons. The van der Waals surface area contributed by atoms with Crippen LogP contribution in [0.3, 0.4) is 0 Å². The number of methoxy groups -OCH3 is 1. The van der Waals surface area contributed by atoms with Crippen molar-refractivity contribution in [1.29, 1.82) is 0 Å². The number of rotatable bonds is 4. The number of hydrogen-bond acceptors (Lipinski definition) is 6. The molecule has 0 bridgehead atoms. The first-order chi connectivity index (χ1) is 9.65. The van der Waals surface area contributed by atoms with Gasteiger partial charge in [0.2, 0.25) is 0 Å². The van der Waals surface area contributed by atoms with Crippen molar-refractivity contribution in [1.82, 2.24) is 0 Å². The molecule has 0 aliphatic carbocycles. The Bertz CT molecular complexity index is 447. The summed E-state index contributed by atoms with van der Waals surface area (Å²) in [6.07, 6.45) is -1.32. The lowest BCUT2D eigenvalue weighted by Crippen LogP contribution is -2.53. The van der Waals surface area contributed by atoms with Gasteiger partial charge in [0.1, 0.15) is 30.1 Å². The number of nitrogens with zero attached hydrogens (tertiary/aromatic N) is 1. The Hall–Kier alpha value is -1.47. The van der Waals surface area contributed by atoms with E-state index in [0.717, 1.165) is 11.3 Å². The van der Waals surface area contributed by atoms with Crippen molar-refractivity contribution in [3.05, 3.63) is 29.8 Å². The van der Waals surface area contributed by atoms with E-state index < -0.39 is 24.4 Å². The van der Waals surface area contributed by atoms with Gasteiger partial charge in [-0.1, -0.05) is 0 Å². The summed E-state index contributed by atoms with van der Waals surface area (Å²) in [4.78, 5) is 4.23. The standard InChI is InChI=1S/C14H19NO5/c1-19-10-4-2-9(3-5-10)6-15-11-8-20-12(7-16)14(18)13(11)17/h2-6,11-14,16-18H,7-8H2,1H3/b15-6+/t11?,12?,13?,14-/m1/s1. The van der Waals surface area contributed by atoms with E-state index in [1.165, 1.54) is 0 Å². The summed E-state index contributed by atoms with van der Waals surface area (Å²) in [6.45, 7) is -0.163. The summed E-state index contributed by atoms with van der Waals surface area (Å²) >= 11 is 0. The first-order valence-corrected chi connectivity index (χ1v) is 6.41. The summed E-state index contributed by atoms with van der Waals surface area (Å²) in [6, 6.07) is 6.75. The van der Waals surface area contributed by atoms with Crippen LogP contribution in [0.2, 0.25) is 0 Å². The molecular weight excluding hydrogens is 262 g/mol. The molecule has 0 aromatic heterocycles. The molecule has 1 fully saturated rings. The SMILES string of the molecule is COc1ccc(/C=N/C2COC(CO)[C@@H](O)C2O)cc1. The second-order valence-corrected chi connectivity index (χ2v) is 4.65. The molecule has 6 heteroatoms. The Morgan fingerprint density at radius 3 is 2.60 bits per heavy atom. The lowest BCUT2D eigenvalue weighted by atomic mass is 9.99. The maximum Gasteiger partial charge on any atom is 0.118 e. The summed E-state index contributed by atoms with van der Waals surface area (Å²) in [5, 5.41) is 28.6. The van der Waals surface area contributed by atoms with Crippen molar-refractivity contribution in [2.75, 3.05) is 20.3 Å². The van der Waals surface area contributed by atoms with Gasteiger partial charge in [-0.3, -0.25) is 4.99 Å². The number of ether oxygens (including phenoxy) is 2. The van der Waals surface area contributed by atoms with Crippen LogP contribution in [0, 0.1) is 0 Å². The predicted molar refractivity (Wildman–Crippen MR) is 73.2 cm³/mol. The van der Waals surface area contributed by atoms with Gasteiger partial charge in [-0.25, -0.2) is 0 Å². The maximum atomic E-state index is 9.92. The molecule has 2 rings (SSSR count). The molecule has 6 nitrogen and oxygen atoms in total. The van der Waals surface area contributed by atoms with Crippen LogP contribution >= 0.6 is 0 Å². The van der Waals surface area contributed by atoms with Crippen LogP contribution in [0.5, 0.6) is 5.75 Å². The fourth-order valence-corrected chi connectivity index (χ4v) is 2.03. The number of hydrogen-bond donors (Lipinski definition) is 3. The zero-order valence-electron chi connectivity index (χ0n) is 11.2. The summed E-state index contributed by atoms with van der Waals surface area (Å²) in [7, 11) is 1.60. The minimum atomic E-state index is -1.13. The zero-order valence-corrected chi connectivity index (χ0v) is 11.2. The van der Waals surface area contributed by atoms with E-state index in [1.807, 2.05) is 24.3 Å². The number of aliphatic hydroxyl groups is 3. The molecule has 0 spiro atoms. The van der Waals surface area contributed by atoms with E-state index >= 15 is 0 Å². The monoisotopic (exact) mass is 281 g/mol. The Labute approximate surface area is 117 Å². The minimum absolute atomic E-state index is 0.163. The third-order valence-electron chi connectivity index (χ3n) is 3.32. The van der Waals surface area contributed by atoms with E-state index in [1.54, 1.807) is 13.3 Å². The van der Waals surface area contributed by atoms with Gasteiger partial charge in [-0.15, -0.1) is 0 Å². The average molecular weight is 281 g/mol. The van der Waals surface area contributed by atoms with Gasteiger partial charge in [0.05, 0.1) is 20.3 Å². The summed E-state index contributed by atoms with van der Waals surface area (Å²) in [5.41, 5.74) is 0.858. The maximum absolute atomic E-state index is 9.92. The highest BCUT2D eigenvalue weighted by Gasteiger charge is 2.37. The number of benzene rings is 1. The van der Waals surface area contributed by atoms with Crippen molar-refractivity contribution in [2.24, 2.45) is 4.99 Å². The number of aliphatic imine (C=N–C) groups is 1. The van der Waals surface area contributed by atoms with Crippen molar-refractivity contribution in [3.8, 4) is 5.75 Å². The molecule has 1 saturated heterocycles. The smallest absolute Gasteiger partial charge is 0.118 e. The first-order valence-electron chi connectivity index (χ1n) is 6.41. The van der Waals surface area contributed by atoms with Crippen molar-refractivity contribution in [2.45, 2.75) is 24.4 Å². The third-order valence-corrected chi connectivity index (χ3v) is 3.32. The van der Waals surface area contributed by atoms with Gasteiger partial charge >= 0.3 is 0 Å². The van der Waals surface area contributed by atoms with Crippen LogP contribution in [0.15, 0.2) is 29.3 Å². The second-order valence-electron chi connectivity index (χ2n) is 4.65. The Balaban J connectivity index is 2.00. The molecule has 1 aliphatic rings. The van der Waals surface area contributed by atoms with Crippen LogP contribution < -0.4 is 4.74 Å². The lowest BCUT2D eigenvalue weighted by Gasteiger charge is -2.34. The largest absolute Gasteiger partial charge is 0.497 e. The van der Waals surface area contributed by atoms with Crippen molar-refractivity contribution >= 4 is 6.21 Å². The highest BCUT2D eigenvalue weighted by atomic mass is 16.5. The normalized spacial score (nSPS) is 30.6. The van der Waals surface area contributed by atoms with E-state index in [9.17, 15) is 10.2 Å². The fourth-order valence-electron chi connectivity index (χ4n) is 2.03. The van der Waals surface area contributed by atoms with Crippen LogP contribution in [-0.4, -0.2) is 66.2 Å². The van der Waals surface area contributed by atoms with Crippen molar-refractivity contribution < 1.29 is 24.8 Å². The molecular formula is C14H19NO5. The van der Waals surface area contributed by atoms with Crippen LogP contribution in [0.1, 0.15) is 5.56 Å². The molecule has 20 heavy (non-hydrogen) atoms. The molecule has 1 aromatic rings.